The van der Waals surface area contributed by atoms with Crippen LogP contribution in [0.2, 0.25) is 0 Å². The van der Waals surface area contributed by atoms with Crippen LogP contribution in [0.25, 0.3) is 0 Å². The molecule has 1 aliphatic rings. The number of carbonyl (C=O) groups is 1. The van der Waals surface area contributed by atoms with E-state index in [1.54, 1.807) is 19.1 Å². The van der Waals surface area contributed by atoms with E-state index in [0.29, 0.717) is 35.5 Å². The molecule has 2 heterocycles. The SMILES string of the molecule is Cc1cc(C(=O)NCCC2=CCCCC2)nc(Nc2cc(C)on2)n1. The van der Waals surface area contributed by atoms with Crippen molar-refractivity contribution in [3.63, 3.8) is 0 Å². The summed E-state index contributed by atoms with van der Waals surface area (Å²) in [6, 6.07) is 3.41. The van der Waals surface area contributed by atoms with Crippen LogP contribution in [0.15, 0.2) is 28.3 Å². The molecule has 7 nitrogen and oxygen atoms in total. The molecule has 0 spiro atoms. The Labute approximate surface area is 146 Å². The molecule has 1 amide bonds. The third kappa shape index (κ3) is 4.89. The first-order valence-electron chi connectivity index (χ1n) is 8.62. The van der Waals surface area contributed by atoms with Gasteiger partial charge in [0.25, 0.3) is 5.91 Å². The number of allylic oxidation sites excluding steroid dienone is 1. The molecule has 2 N–H and O–H groups in total. The summed E-state index contributed by atoms with van der Waals surface area (Å²) in [5.74, 6) is 1.33. The van der Waals surface area contributed by atoms with Crippen molar-refractivity contribution in [3.8, 4) is 0 Å². The Bertz CT molecular complexity index is 782. The van der Waals surface area contributed by atoms with Crippen LogP contribution in [0.5, 0.6) is 0 Å². The van der Waals surface area contributed by atoms with Crippen molar-refractivity contribution in [2.45, 2.75) is 46.0 Å². The van der Waals surface area contributed by atoms with Gasteiger partial charge in [-0.25, -0.2) is 9.97 Å². The predicted octanol–water partition coefficient (Wildman–Crippen LogP) is 3.45. The van der Waals surface area contributed by atoms with Crippen molar-refractivity contribution in [1.82, 2.24) is 20.4 Å². The van der Waals surface area contributed by atoms with Crippen LogP contribution in [0.4, 0.5) is 11.8 Å². The molecule has 0 atom stereocenters. The van der Waals surface area contributed by atoms with Gasteiger partial charge in [0.1, 0.15) is 11.5 Å². The van der Waals surface area contributed by atoms with E-state index in [1.165, 1.54) is 18.4 Å². The Kier molecular flexibility index (Phi) is 5.42. The largest absolute Gasteiger partial charge is 0.360 e. The quantitative estimate of drug-likeness (QED) is 0.782. The zero-order valence-corrected chi connectivity index (χ0v) is 14.6. The molecule has 25 heavy (non-hydrogen) atoms. The second-order valence-corrected chi connectivity index (χ2v) is 6.28. The van der Waals surface area contributed by atoms with E-state index in [1.807, 2.05) is 6.92 Å². The van der Waals surface area contributed by atoms with E-state index in [9.17, 15) is 4.79 Å². The van der Waals surface area contributed by atoms with Gasteiger partial charge in [-0.1, -0.05) is 16.8 Å². The number of rotatable bonds is 6. The summed E-state index contributed by atoms with van der Waals surface area (Å²) in [5, 5.41) is 9.73. The van der Waals surface area contributed by atoms with Gasteiger partial charge in [0.2, 0.25) is 5.95 Å². The number of nitrogens with zero attached hydrogens (tertiary/aromatic N) is 3. The Balaban J connectivity index is 1.60. The number of anilines is 2. The molecule has 0 radical (unpaired) electrons. The molecule has 0 fully saturated rings. The predicted molar refractivity (Wildman–Crippen MR) is 94.8 cm³/mol. The molecule has 132 valence electrons. The normalized spacial score (nSPS) is 14.1. The van der Waals surface area contributed by atoms with Crippen LogP contribution in [0.3, 0.4) is 0 Å². The van der Waals surface area contributed by atoms with Gasteiger partial charge in [-0.15, -0.1) is 0 Å². The molecule has 0 unspecified atom stereocenters. The number of hydrogen-bond acceptors (Lipinski definition) is 6. The third-order valence-corrected chi connectivity index (χ3v) is 4.07. The molecule has 0 aromatic carbocycles. The summed E-state index contributed by atoms with van der Waals surface area (Å²) < 4.78 is 5.00. The van der Waals surface area contributed by atoms with Gasteiger partial charge in [0, 0.05) is 18.3 Å². The van der Waals surface area contributed by atoms with Crippen LogP contribution < -0.4 is 10.6 Å². The molecule has 2 aromatic rings. The number of carbonyl (C=O) groups excluding carboxylic acids is 1. The molecule has 0 saturated carbocycles. The van der Waals surface area contributed by atoms with E-state index in [2.05, 4.69) is 31.8 Å². The van der Waals surface area contributed by atoms with Crippen molar-refractivity contribution >= 4 is 17.7 Å². The average molecular weight is 341 g/mol. The van der Waals surface area contributed by atoms with Crippen LogP contribution in [-0.2, 0) is 0 Å². The fourth-order valence-corrected chi connectivity index (χ4v) is 2.84. The summed E-state index contributed by atoms with van der Waals surface area (Å²) >= 11 is 0. The summed E-state index contributed by atoms with van der Waals surface area (Å²) in [4.78, 5) is 20.9. The number of hydrogen-bond donors (Lipinski definition) is 2. The molecule has 2 aromatic heterocycles. The van der Waals surface area contributed by atoms with Gasteiger partial charge in [0.05, 0.1) is 0 Å². The minimum absolute atomic E-state index is 0.193. The lowest BCUT2D eigenvalue weighted by Crippen LogP contribution is -2.26. The second kappa shape index (κ2) is 7.92. The lowest BCUT2D eigenvalue weighted by molar-refractivity contribution is 0.0949. The molecule has 1 aliphatic carbocycles. The Morgan fingerprint density at radius 1 is 1.24 bits per heavy atom. The number of nitrogens with one attached hydrogen (secondary N) is 2. The Hall–Kier alpha value is -2.70. The molecule has 0 aliphatic heterocycles. The van der Waals surface area contributed by atoms with Crippen molar-refractivity contribution in [1.29, 1.82) is 0 Å². The van der Waals surface area contributed by atoms with Gasteiger partial charge in [-0.05, 0) is 52.0 Å². The van der Waals surface area contributed by atoms with E-state index in [0.717, 1.165) is 19.3 Å². The van der Waals surface area contributed by atoms with Gasteiger partial charge in [-0.3, -0.25) is 4.79 Å². The third-order valence-electron chi connectivity index (χ3n) is 4.07. The highest BCUT2D eigenvalue weighted by Crippen LogP contribution is 2.19. The maximum Gasteiger partial charge on any atom is 0.270 e. The second-order valence-electron chi connectivity index (χ2n) is 6.28. The summed E-state index contributed by atoms with van der Waals surface area (Å²) in [7, 11) is 0. The Morgan fingerprint density at radius 2 is 2.12 bits per heavy atom. The highest BCUT2D eigenvalue weighted by atomic mass is 16.5. The highest BCUT2D eigenvalue weighted by molar-refractivity contribution is 5.92. The van der Waals surface area contributed by atoms with Crippen LogP contribution in [0, 0.1) is 13.8 Å². The maximum atomic E-state index is 12.4. The van der Waals surface area contributed by atoms with Crippen molar-refractivity contribution < 1.29 is 9.32 Å². The van der Waals surface area contributed by atoms with Gasteiger partial charge in [-0.2, -0.15) is 0 Å². The van der Waals surface area contributed by atoms with Crippen molar-refractivity contribution in [2.24, 2.45) is 0 Å². The maximum absolute atomic E-state index is 12.4. The molecule has 0 bridgehead atoms. The highest BCUT2D eigenvalue weighted by Gasteiger charge is 2.12. The van der Waals surface area contributed by atoms with Crippen molar-refractivity contribution in [2.75, 3.05) is 11.9 Å². The monoisotopic (exact) mass is 341 g/mol. The zero-order valence-electron chi connectivity index (χ0n) is 14.6. The first-order valence-corrected chi connectivity index (χ1v) is 8.62. The molecule has 0 saturated heterocycles. The molecular weight excluding hydrogens is 318 g/mol. The van der Waals surface area contributed by atoms with E-state index >= 15 is 0 Å². The van der Waals surface area contributed by atoms with E-state index < -0.39 is 0 Å². The molecule has 7 heteroatoms. The first kappa shape index (κ1) is 17.1. The average Bonchev–Trinajstić information content (AvgIpc) is 3.00. The minimum atomic E-state index is -0.193. The first-order chi connectivity index (χ1) is 12.1. The van der Waals surface area contributed by atoms with Gasteiger partial charge in [0.15, 0.2) is 5.82 Å². The number of aryl methyl sites for hydroxylation is 2. The summed E-state index contributed by atoms with van der Waals surface area (Å²) in [6.07, 6.45) is 8.03. The summed E-state index contributed by atoms with van der Waals surface area (Å²) in [6.45, 7) is 4.25. The molecular formula is C18H23N5O2. The molecule has 3 rings (SSSR count). The van der Waals surface area contributed by atoms with Crippen LogP contribution >= 0.6 is 0 Å². The van der Waals surface area contributed by atoms with Crippen LogP contribution in [0.1, 0.15) is 54.0 Å². The lowest BCUT2D eigenvalue weighted by Gasteiger charge is -2.13. The fourth-order valence-electron chi connectivity index (χ4n) is 2.84. The van der Waals surface area contributed by atoms with Gasteiger partial charge >= 0.3 is 0 Å². The zero-order chi connectivity index (χ0) is 17.6. The van der Waals surface area contributed by atoms with E-state index in [-0.39, 0.29) is 5.91 Å². The lowest BCUT2D eigenvalue weighted by atomic mass is 9.97. The van der Waals surface area contributed by atoms with Crippen LogP contribution in [-0.4, -0.2) is 27.6 Å². The minimum Gasteiger partial charge on any atom is -0.360 e. The number of aromatic nitrogens is 3. The number of amides is 1. The fraction of sp³-hybridized carbons (Fsp3) is 0.444. The van der Waals surface area contributed by atoms with Gasteiger partial charge < -0.3 is 15.2 Å². The Morgan fingerprint density at radius 3 is 2.84 bits per heavy atom. The standard InChI is InChI=1S/C18H23N5O2/c1-12-10-15(17(24)19-9-8-14-6-4-3-5-7-14)21-18(20-12)22-16-11-13(2)25-23-16/h6,10-11H,3-5,7-9H2,1-2H3,(H,19,24)(H,20,21,22,23). The summed E-state index contributed by atoms with van der Waals surface area (Å²) in [5.41, 5.74) is 2.49. The van der Waals surface area contributed by atoms with Crippen molar-refractivity contribution in [3.05, 3.63) is 40.9 Å². The smallest absolute Gasteiger partial charge is 0.270 e. The topological polar surface area (TPSA) is 92.9 Å². The van der Waals surface area contributed by atoms with E-state index in [4.69, 9.17) is 4.52 Å².